The molecule has 0 fully saturated rings. The molecule has 0 saturated carbocycles. The number of carboxylic acids is 1. The van der Waals surface area contributed by atoms with Crippen LogP contribution in [0.2, 0.25) is 0 Å². The summed E-state index contributed by atoms with van der Waals surface area (Å²) in [4.78, 5) is 11.1. The second kappa shape index (κ2) is 5.80. The van der Waals surface area contributed by atoms with Crippen molar-refractivity contribution >= 4 is 5.97 Å². The molecule has 17 heavy (non-hydrogen) atoms. The topological polar surface area (TPSA) is 68.0 Å². The molecule has 1 aromatic heterocycles. The zero-order valence-corrected chi connectivity index (χ0v) is 11.0. The van der Waals surface area contributed by atoms with Crippen LogP contribution in [0.25, 0.3) is 0 Å². The molecule has 0 aliphatic rings. The van der Waals surface area contributed by atoms with Crippen molar-refractivity contribution in [2.75, 3.05) is 0 Å². The average Bonchev–Trinajstić information content (AvgIpc) is 2.63. The first-order chi connectivity index (χ1) is 8.01. The van der Waals surface area contributed by atoms with Gasteiger partial charge in [-0.3, -0.25) is 0 Å². The smallest absolute Gasteiger partial charge is 0.358 e. The molecule has 0 amide bonds. The Bertz CT molecular complexity index is 381. The van der Waals surface area contributed by atoms with Gasteiger partial charge in [-0.05, 0) is 18.8 Å². The lowest BCUT2D eigenvalue weighted by Crippen LogP contribution is -2.15. The van der Waals surface area contributed by atoms with Gasteiger partial charge in [-0.25, -0.2) is 9.48 Å². The summed E-state index contributed by atoms with van der Waals surface area (Å²) >= 11 is 0. The Balaban J connectivity index is 3.18. The summed E-state index contributed by atoms with van der Waals surface area (Å²) in [7, 11) is 0. The third-order valence-corrected chi connectivity index (χ3v) is 2.89. The average molecular weight is 239 g/mol. The molecule has 1 heterocycles. The third-order valence-electron chi connectivity index (χ3n) is 2.89. The molecule has 96 valence electrons. The number of aromatic nitrogens is 3. The number of rotatable bonds is 6. The Labute approximate surface area is 102 Å². The Hall–Kier alpha value is -1.39. The largest absolute Gasteiger partial charge is 0.476 e. The maximum atomic E-state index is 11.1. The fraction of sp³-hybridized carbons (Fsp3) is 0.750. The summed E-state index contributed by atoms with van der Waals surface area (Å²) in [6, 6.07) is 0. The zero-order chi connectivity index (χ0) is 13.0. The summed E-state index contributed by atoms with van der Waals surface area (Å²) in [5, 5.41) is 16.9. The normalized spacial score (nSPS) is 11.4. The summed E-state index contributed by atoms with van der Waals surface area (Å²) in [5.41, 5.74) is 0.885. The molecule has 0 unspecified atom stereocenters. The molecule has 1 aromatic rings. The molecule has 5 heteroatoms. The van der Waals surface area contributed by atoms with E-state index in [1.54, 1.807) is 4.68 Å². The van der Waals surface area contributed by atoms with Crippen molar-refractivity contribution < 1.29 is 9.90 Å². The molecular weight excluding hydrogens is 218 g/mol. The second-order valence-electron chi connectivity index (χ2n) is 4.72. The minimum Gasteiger partial charge on any atom is -0.476 e. The zero-order valence-electron chi connectivity index (χ0n) is 11.0. The minimum absolute atomic E-state index is 0.111. The summed E-state index contributed by atoms with van der Waals surface area (Å²) in [5.74, 6) is -0.344. The summed E-state index contributed by atoms with van der Waals surface area (Å²) in [6.45, 7) is 9.00. The molecule has 0 saturated heterocycles. The van der Waals surface area contributed by atoms with Crippen molar-refractivity contribution in [3.8, 4) is 0 Å². The van der Waals surface area contributed by atoms with E-state index in [1.165, 1.54) is 0 Å². The molecule has 1 N–H and O–H groups in total. The lowest BCUT2D eigenvalue weighted by Gasteiger charge is -2.16. The van der Waals surface area contributed by atoms with Crippen molar-refractivity contribution in [3.05, 3.63) is 11.4 Å². The number of hydrogen-bond donors (Lipinski definition) is 1. The molecule has 0 bridgehead atoms. The number of carboxylic acid groups (broad SMARTS) is 1. The van der Waals surface area contributed by atoms with Crippen LogP contribution in [0.15, 0.2) is 0 Å². The molecule has 0 aliphatic heterocycles. The van der Waals surface area contributed by atoms with E-state index in [0.717, 1.165) is 18.5 Å². The van der Waals surface area contributed by atoms with Gasteiger partial charge in [-0.15, -0.1) is 5.10 Å². The SMILES string of the molecule is CCC(CC)c1c(C(=O)O)nnn1CC(C)C. The third kappa shape index (κ3) is 3.05. The predicted octanol–water partition coefficient (Wildman–Crippen LogP) is 2.54. The van der Waals surface area contributed by atoms with E-state index < -0.39 is 5.97 Å². The van der Waals surface area contributed by atoms with E-state index in [4.69, 9.17) is 5.11 Å². The van der Waals surface area contributed by atoms with Crippen molar-refractivity contribution in [2.24, 2.45) is 5.92 Å². The van der Waals surface area contributed by atoms with Gasteiger partial charge in [0, 0.05) is 12.5 Å². The molecule has 0 atom stereocenters. The van der Waals surface area contributed by atoms with Gasteiger partial charge >= 0.3 is 5.97 Å². The van der Waals surface area contributed by atoms with Crippen LogP contribution in [0.4, 0.5) is 0 Å². The molecular formula is C12H21N3O2. The van der Waals surface area contributed by atoms with E-state index in [9.17, 15) is 4.79 Å². The molecule has 5 nitrogen and oxygen atoms in total. The van der Waals surface area contributed by atoms with Crippen LogP contribution >= 0.6 is 0 Å². The fourth-order valence-corrected chi connectivity index (χ4v) is 2.03. The number of carbonyl (C=O) groups is 1. The first kappa shape index (κ1) is 13.7. The van der Waals surface area contributed by atoms with E-state index in [2.05, 4.69) is 38.0 Å². The van der Waals surface area contributed by atoms with Gasteiger partial charge in [0.05, 0.1) is 5.69 Å². The molecule has 0 aromatic carbocycles. The van der Waals surface area contributed by atoms with Gasteiger partial charge in [0.15, 0.2) is 5.69 Å². The van der Waals surface area contributed by atoms with Crippen LogP contribution < -0.4 is 0 Å². The highest BCUT2D eigenvalue weighted by atomic mass is 16.4. The van der Waals surface area contributed by atoms with Gasteiger partial charge < -0.3 is 5.11 Å². The summed E-state index contributed by atoms with van der Waals surface area (Å²) in [6.07, 6.45) is 1.81. The second-order valence-corrected chi connectivity index (χ2v) is 4.72. The van der Waals surface area contributed by atoms with E-state index in [-0.39, 0.29) is 11.6 Å². The molecule has 0 spiro atoms. The Morgan fingerprint density at radius 1 is 1.35 bits per heavy atom. The van der Waals surface area contributed by atoms with Crippen LogP contribution in [0.3, 0.4) is 0 Å². The standard InChI is InChI=1S/C12H21N3O2/c1-5-9(6-2)11-10(12(16)17)13-14-15(11)7-8(3)4/h8-9H,5-7H2,1-4H3,(H,16,17). The first-order valence-corrected chi connectivity index (χ1v) is 6.17. The Kier molecular flexibility index (Phi) is 4.66. The highest BCUT2D eigenvalue weighted by molar-refractivity contribution is 5.86. The first-order valence-electron chi connectivity index (χ1n) is 6.17. The highest BCUT2D eigenvalue weighted by Crippen LogP contribution is 2.25. The highest BCUT2D eigenvalue weighted by Gasteiger charge is 2.24. The van der Waals surface area contributed by atoms with Crippen LogP contribution in [0, 0.1) is 5.92 Å². The van der Waals surface area contributed by atoms with Crippen LogP contribution in [0.5, 0.6) is 0 Å². The van der Waals surface area contributed by atoms with E-state index in [0.29, 0.717) is 12.5 Å². The van der Waals surface area contributed by atoms with Crippen molar-refractivity contribution in [3.63, 3.8) is 0 Å². The van der Waals surface area contributed by atoms with Crippen molar-refractivity contribution in [1.29, 1.82) is 0 Å². The van der Waals surface area contributed by atoms with Crippen LogP contribution in [-0.2, 0) is 6.54 Å². The van der Waals surface area contributed by atoms with Gasteiger partial charge in [-0.1, -0.05) is 32.9 Å². The fourth-order valence-electron chi connectivity index (χ4n) is 2.03. The van der Waals surface area contributed by atoms with Gasteiger partial charge in [0.2, 0.25) is 0 Å². The van der Waals surface area contributed by atoms with Gasteiger partial charge in [0.1, 0.15) is 0 Å². The van der Waals surface area contributed by atoms with Gasteiger partial charge in [0.25, 0.3) is 0 Å². The lowest BCUT2D eigenvalue weighted by molar-refractivity contribution is 0.0688. The van der Waals surface area contributed by atoms with Crippen molar-refractivity contribution in [2.45, 2.75) is 53.0 Å². The van der Waals surface area contributed by atoms with Gasteiger partial charge in [-0.2, -0.15) is 0 Å². The quantitative estimate of drug-likeness (QED) is 0.828. The molecule has 1 rings (SSSR count). The van der Waals surface area contributed by atoms with E-state index >= 15 is 0 Å². The Morgan fingerprint density at radius 2 is 1.94 bits per heavy atom. The number of aromatic carboxylic acids is 1. The Morgan fingerprint density at radius 3 is 2.35 bits per heavy atom. The minimum atomic E-state index is -0.984. The monoisotopic (exact) mass is 239 g/mol. The van der Waals surface area contributed by atoms with Crippen molar-refractivity contribution in [1.82, 2.24) is 15.0 Å². The molecule has 0 aliphatic carbocycles. The van der Waals surface area contributed by atoms with E-state index in [1.807, 2.05) is 0 Å². The van der Waals surface area contributed by atoms with Crippen LogP contribution in [0.1, 0.15) is 62.6 Å². The maximum absolute atomic E-state index is 11.1. The van der Waals surface area contributed by atoms with Crippen LogP contribution in [-0.4, -0.2) is 26.1 Å². The number of nitrogens with zero attached hydrogens (tertiary/aromatic N) is 3. The maximum Gasteiger partial charge on any atom is 0.358 e. The predicted molar refractivity (Wildman–Crippen MR) is 65.1 cm³/mol. The molecule has 0 radical (unpaired) electrons. The number of hydrogen-bond acceptors (Lipinski definition) is 3. The summed E-state index contributed by atoms with van der Waals surface area (Å²) < 4.78 is 1.76. The lowest BCUT2D eigenvalue weighted by atomic mass is 9.97.